The minimum atomic E-state index is 0. The lowest BCUT2D eigenvalue weighted by Gasteiger charge is -2.25. The molecule has 0 saturated carbocycles. The van der Waals surface area contributed by atoms with Crippen molar-refractivity contribution in [1.29, 1.82) is 0 Å². The fourth-order valence-electron chi connectivity index (χ4n) is 1.68. The third-order valence-corrected chi connectivity index (χ3v) is 3.15. The van der Waals surface area contributed by atoms with Gasteiger partial charge in [-0.05, 0) is 44.5 Å². The molecular weight excluding hydrogens is 220 g/mol. The highest BCUT2D eigenvalue weighted by molar-refractivity contribution is 5.85. The molecule has 2 nitrogen and oxygen atoms in total. The molecule has 0 amide bonds. The number of hydrogen-bond donors (Lipinski definition) is 1. The van der Waals surface area contributed by atoms with Crippen molar-refractivity contribution in [2.45, 2.75) is 33.4 Å². The van der Waals surface area contributed by atoms with Crippen LogP contribution in [0.1, 0.15) is 23.6 Å². The first-order chi connectivity index (χ1) is 7.06. The molecule has 1 rings (SSSR count). The fourth-order valence-corrected chi connectivity index (χ4v) is 1.68. The van der Waals surface area contributed by atoms with Crippen molar-refractivity contribution in [1.82, 2.24) is 4.90 Å². The Morgan fingerprint density at radius 2 is 1.75 bits per heavy atom. The lowest BCUT2D eigenvalue weighted by Crippen LogP contribution is -2.35. The van der Waals surface area contributed by atoms with Crippen molar-refractivity contribution in [3.8, 4) is 0 Å². The maximum Gasteiger partial charge on any atom is 0.0239 e. The maximum atomic E-state index is 5.66. The molecular formula is C13H23ClN2. The third kappa shape index (κ3) is 3.78. The predicted octanol–water partition coefficient (Wildman–Crippen LogP) is 2.50. The molecule has 1 aromatic rings. The lowest BCUT2D eigenvalue weighted by atomic mass is 10.0. The van der Waals surface area contributed by atoms with Crippen LogP contribution in [0.3, 0.4) is 0 Å². The summed E-state index contributed by atoms with van der Waals surface area (Å²) in [6, 6.07) is 6.89. The Morgan fingerprint density at radius 3 is 2.19 bits per heavy atom. The van der Waals surface area contributed by atoms with Crippen LogP contribution in [0.2, 0.25) is 0 Å². The number of nitrogens with zero attached hydrogens (tertiary/aromatic N) is 1. The summed E-state index contributed by atoms with van der Waals surface area (Å²) in [6.45, 7) is 8.19. The lowest BCUT2D eigenvalue weighted by molar-refractivity contribution is 0.254. The molecule has 3 heteroatoms. The van der Waals surface area contributed by atoms with E-state index in [1.54, 1.807) is 0 Å². The first kappa shape index (κ1) is 15.4. The quantitative estimate of drug-likeness (QED) is 0.879. The van der Waals surface area contributed by atoms with Gasteiger partial charge in [0.15, 0.2) is 0 Å². The Bertz CT molecular complexity index is 305. The van der Waals surface area contributed by atoms with Crippen LogP contribution in [0, 0.1) is 13.8 Å². The predicted molar refractivity (Wildman–Crippen MR) is 73.1 cm³/mol. The molecule has 1 atom stereocenters. The van der Waals surface area contributed by atoms with Crippen LogP contribution in [0.5, 0.6) is 0 Å². The molecule has 0 aromatic heterocycles. The monoisotopic (exact) mass is 242 g/mol. The highest BCUT2D eigenvalue weighted by Crippen LogP contribution is 2.15. The molecule has 92 valence electrons. The topological polar surface area (TPSA) is 29.3 Å². The molecule has 0 radical (unpaired) electrons. The number of nitrogens with two attached hydrogens (primary N) is 1. The summed E-state index contributed by atoms with van der Waals surface area (Å²) in [4.78, 5) is 2.30. The summed E-state index contributed by atoms with van der Waals surface area (Å²) in [5, 5.41) is 0. The zero-order valence-electron chi connectivity index (χ0n) is 10.7. The highest BCUT2D eigenvalue weighted by Gasteiger charge is 2.10. The second-order valence-corrected chi connectivity index (χ2v) is 4.37. The summed E-state index contributed by atoms with van der Waals surface area (Å²) >= 11 is 0. The Kier molecular flexibility index (Phi) is 6.65. The van der Waals surface area contributed by atoms with Crippen LogP contribution in [0.15, 0.2) is 18.2 Å². The molecule has 16 heavy (non-hydrogen) atoms. The van der Waals surface area contributed by atoms with E-state index in [9.17, 15) is 0 Å². The molecule has 0 aliphatic carbocycles. The Morgan fingerprint density at radius 1 is 1.25 bits per heavy atom. The van der Waals surface area contributed by atoms with Crippen molar-refractivity contribution >= 4 is 12.4 Å². The maximum absolute atomic E-state index is 5.66. The first-order valence-corrected chi connectivity index (χ1v) is 5.51. The number of aryl methyl sites for hydroxylation is 2. The number of likely N-dealkylation sites (N-methyl/N-ethyl adjacent to an activating group) is 1. The molecule has 0 aliphatic heterocycles. The molecule has 1 aromatic carbocycles. The SMILES string of the molecule is Cc1cccc(C)c1CN(C)C(C)CN.Cl. The van der Waals surface area contributed by atoms with Gasteiger partial charge >= 0.3 is 0 Å². The molecule has 0 bridgehead atoms. The standard InChI is InChI=1S/C13H22N2.ClH/c1-10-6-5-7-11(2)13(10)9-15(4)12(3)8-14;/h5-7,12H,8-9,14H2,1-4H3;1H. The van der Waals surface area contributed by atoms with Gasteiger partial charge < -0.3 is 5.73 Å². The zero-order chi connectivity index (χ0) is 11.4. The van der Waals surface area contributed by atoms with Crippen molar-refractivity contribution in [2.75, 3.05) is 13.6 Å². The number of halogens is 1. The van der Waals surface area contributed by atoms with Gasteiger partial charge in [0.1, 0.15) is 0 Å². The van der Waals surface area contributed by atoms with E-state index >= 15 is 0 Å². The van der Waals surface area contributed by atoms with Gasteiger partial charge in [-0.1, -0.05) is 18.2 Å². The number of rotatable bonds is 4. The molecule has 0 fully saturated rings. The van der Waals surface area contributed by atoms with E-state index in [-0.39, 0.29) is 12.4 Å². The molecule has 0 aliphatic rings. The van der Waals surface area contributed by atoms with Crippen LogP contribution in [0.4, 0.5) is 0 Å². The van der Waals surface area contributed by atoms with E-state index in [2.05, 4.69) is 50.9 Å². The second kappa shape index (κ2) is 6.89. The Balaban J connectivity index is 0.00000225. The fraction of sp³-hybridized carbons (Fsp3) is 0.538. The van der Waals surface area contributed by atoms with Gasteiger partial charge in [0.05, 0.1) is 0 Å². The minimum absolute atomic E-state index is 0. The van der Waals surface area contributed by atoms with Gasteiger partial charge in [0.2, 0.25) is 0 Å². The van der Waals surface area contributed by atoms with Crippen molar-refractivity contribution in [3.63, 3.8) is 0 Å². The summed E-state index contributed by atoms with van der Waals surface area (Å²) in [5.41, 5.74) is 9.83. The van der Waals surface area contributed by atoms with E-state index in [0.29, 0.717) is 12.6 Å². The average Bonchev–Trinajstić information content (AvgIpc) is 2.22. The molecule has 0 heterocycles. The van der Waals surface area contributed by atoms with E-state index in [0.717, 1.165) is 6.54 Å². The normalized spacial score (nSPS) is 12.4. The van der Waals surface area contributed by atoms with E-state index < -0.39 is 0 Å². The number of hydrogen-bond acceptors (Lipinski definition) is 2. The van der Waals surface area contributed by atoms with E-state index in [1.165, 1.54) is 16.7 Å². The molecule has 1 unspecified atom stereocenters. The molecule has 2 N–H and O–H groups in total. The van der Waals surface area contributed by atoms with Crippen molar-refractivity contribution in [3.05, 3.63) is 34.9 Å². The summed E-state index contributed by atoms with van der Waals surface area (Å²) < 4.78 is 0. The summed E-state index contributed by atoms with van der Waals surface area (Å²) in [5.74, 6) is 0. The molecule has 0 saturated heterocycles. The van der Waals surface area contributed by atoms with Gasteiger partial charge in [-0.2, -0.15) is 0 Å². The third-order valence-electron chi connectivity index (χ3n) is 3.15. The smallest absolute Gasteiger partial charge is 0.0239 e. The summed E-state index contributed by atoms with van der Waals surface area (Å²) in [7, 11) is 2.13. The van der Waals surface area contributed by atoms with Crippen LogP contribution in [0.25, 0.3) is 0 Å². The van der Waals surface area contributed by atoms with Crippen LogP contribution >= 0.6 is 12.4 Å². The van der Waals surface area contributed by atoms with Crippen molar-refractivity contribution in [2.24, 2.45) is 5.73 Å². The van der Waals surface area contributed by atoms with Crippen LogP contribution in [-0.4, -0.2) is 24.5 Å². The van der Waals surface area contributed by atoms with Gasteiger partial charge in [0.25, 0.3) is 0 Å². The molecule has 0 spiro atoms. The summed E-state index contributed by atoms with van der Waals surface area (Å²) in [6.07, 6.45) is 0. The van der Waals surface area contributed by atoms with Gasteiger partial charge in [-0.25, -0.2) is 0 Å². The minimum Gasteiger partial charge on any atom is -0.329 e. The van der Waals surface area contributed by atoms with E-state index in [4.69, 9.17) is 5.73 Å². The van der Waals surface area contributed by atoms with Crippen LogP contribution < -0.4 is 5.73 Å². The number of benzene rings is 1. The van der Waals surface area contributed by atoms with Crippen LogP contribution in [-0.2, 0) is 6.54 Å². The van der Waals surface area contributed by atoms with Gasteiger partial charge in [0, 0.05) is 19.1 Å². The van der Waals surface area contributed by atoms with Crippen molar-refractivity contribution < 1.29 is 0 Å². The zero-order valence-corrected chi connectivity index (χ0v) is 11.5. The first-order valence-electron chi connectivity index (χ1n) is 5.51. The van der Waals surface area contributed by atoms with Gasteiger partial charge in [-0.15, -0.1) is 12.4 Å². The average molecular weight is 243 g/mol. The Hall–Kier alpha value is -0.570. The largest absolute Gasteiger partial charge is 0.329 e. The second-order valence-electron chi connectivity index (χ2n) is 4.37. The van der Waals surface area contributed by atoms with Gasteiger partial charge in [-0.3, -0.25) is 4.90 Å². The highest BCUT2D eigenvalue weighted by atomic mass is 35.5. The Labute approximate surface area is 105 Å². The van der Waals surface area contributed by atoms with E-state index in [1.807, 2.05) is 0 Å².